The Bertz CT molecular complexity index is 1430. The summed E-state index contributed by atoms with van der Waals surface area (Å²) in [6.45, 7) is 6.42. The fourth-order valence-electron chi connectivity index (χ4n) is 5.34. The molecule has 1 aliphatic heterocycles. The smallest absolute Gasteiger partial charge is 0.268 e. The Labute approximate surface area is 246 Å². The lowest BCUT2D eigenvalue weighted by atomic mass is 9.92. The number of hydrogen-bond acceptors (Lipinski definition) is 6. The van der Waals surface area contributed by atoms with Crippen molar-refractivity contribution in [1.29, 1.82) is 5.26 Å². The molecule has 4 rings (SSSR count). The second-order valence-corrected chi connectivity index (χ2v) is 11.1. The third-order valence-corrected chi connectivity index (χ3v) is 7.60. The lowest BCUT2D eigenvalue weighted by Gasteiger charge is -2.30. The molecule has 0 radical (unpaired) electrons. The first-order valence-corrected chi connectivity index (χ1v) is 14.3. The average molecular weight is 571 g/mol. The largest absolute Gasteiger partial charge is 0.496 e. The summed E-state index contributed by atoms with van der Waals surface area (Å²) in [6, 6.07) is 18.1. The van der Waals surface area contributed by atoms with Crippen molar-refractivity contribution in [3.63, 3.8) is 0 Å². The summed E-state index contributed by atoms with van der Waals surface area (Å²) in [7, 11) is 1.57. The van der Waals surface area contributed by atoms with Crippen LogP contribution in [0.3, 0.4) is 0 Å². The van der Waals surface area contributed by atoms with Crippen LogP contribution < -0.4 is 26.0 Å². The van der Waals surface area contributed by atoms with Crippen LogP contribution in [0.5, 0.6) is 5.75 Å². The molecule has 1 fully saturated rings. The molecular weight excluding hydrogens is 532 g/mol. The van der Waals surface area contributed by atoms with Crippen molar-refractivity contribution in [3.05, 3.63) is 65.9 Å². The molecule has 1 aliphatic rings. The molecule has 0 spiro atoms. The highest BCUT2D eigenvalue weighted by Gasteiger charge is 2.34. The van der Waals surface area contributed by atoms with E-state index in [0.29, 0.717) is 30.8 Å². The number of benzene rings is 1. The number of ether oxygens (including phenoxy) is 1. The molecule has 0 saturated carbocycles. The number of carbonyl (C=O) groups is 3. The van der Waals surface area contributed by atoms with Crippen LogP contribution in [0.1, 0.15) is 62.1 Å². The highest BCUT2D eigenvalue weighted by Crippen LogP contribution is 2.26. The minimum Gasteiger partial charge on any atom is -0.496 e. The first-order chi connectivity index (χ1) is 20.2. The molecule has 0 bridgehead atoms. The van der Waals surface area contributed by atoms with E-state index in [2.05, 4.69) is 44.5 Å². The summed E-state index contributed by atoms with van der Waals surface area (Å²) >= 11 is 0. The molecule has 10 nitrogen and oxygen atoms in total. The van der Waals surface area contributed by atoms with E-state index in [0.717, 1.165) is 16.5 Å². The second kappa shape index (κ2) is 13.9. The van der Waals surface area contributed by atoms with Crippen molar-refractivity contribution in [2.75, 3.05) is 13.7 Å². The molecule has 5 N–H and O–H groups in total. The number of hydrogen-bond donors (Lipinski definition) is 5. The summed E-state index contributed by atoms with van der Waals surface area (Å²) in [5.74, 6) is -0.531. The molecule has 1 saturated heterocycles. The van der Waals surface area contributed by atoms with Crippen LogP contribution in [0.2, 0.25) is 0 Å². The summed E-state index contributed by atoms with van der Waals surface area (Å²) in [5, 5.41) is 23.0. The highest BCUT2D eigenvalue weighted by molar-refractivity contribution is 6.01. The number of aromatic nitrogens is 1. The maximum atomic E-state index is 13.8. The molecule has 0 aliphatic carbocycles. The van der Waals surface area contributed by atoms with Crippen LogP contribution in [0.25, 0.3) is 10.9 Å². The van der Waals surface area contributed by atoms with Crippen LogP contribution in [-0.2, 0) is 9.59 Å². The van der Waals surface area contributed by atoms with Crippen molar-refractivity contribution in [3.8, 4) is 11.8 Å². The first-order valence-electron chi connectivity index (χ1n) is 14.3. The summed E-state index contributed by atoms with van der Waals surface area (Å²) < 4.78 is 5.41. The van der Waals surface area contributed by atoms with Gasteiger partial charge in [0, 0.05) is 29.4 Å². The molecule has 2 aromatic carbocycles. The Morgan fingerprint density at radius 1 is 1.19 bits per heavy atom. The van der Waals surface area contributed by atoms with Gasteiger partial charge in [-0.15, -0.1) is 0 Å². The average Bonchev–Trinajstić information content (AvgIpc) is 3.61. The van der Waals surface area contributed by atoms with E-state index in [4.69, 9.17) is 4.74 Å². The zero-order chi connectivity index (χ0) is 30.2. The molecular formula is C32H38N6O4. The predicted molar refractivity (Wildman–Crippen MR) is 158 cm³/mol. The van der Waals surface area contributed by atoms with E-state index in [1.807, 2.05) is 45.0 Å². The second-order valence-electron chi connectivity index (χ2n) is 11.1. The molecule has 1 aromatic heterocycles. The van der Waals surface area contributed by atoms with Crippen LogP contribution in [0, 0.1) is 35.3 Å². The zero-order valence-electron chi connectivity index (χ0n) is 24.4. The lowest BCUT2D eigenvalue weighted by Crippen LogP contribution is -2.56. The molecule has 3 aromatic rings. The fourth-order valence-corrected chi connectivity index (χ4v) is 5.34. The highest BCUT2D eigenvalue weighted by atomic mass is 16.5. The molecule has 5 unspecified atom stereocenters. The summed E-state index contributed by atoms with van der Waals surface area (Å²) in [6.07, 6.45) is 1.29. The maximum Gasteiger partial charge on any atom is 0.268 e. The van der Waals surface area contributed by atoms with Gasteiger partial charge in [0.1, 0.15) is 23.5 Å². The fraction of sp³-hybridized carbons (Fsp3) is 0.438. The summed E-state index contributed by atoms with van der Waals surface area (Å²) in [5.41, 5.74) is 1.96. The Kier molecular flexibility index (Phi) is 10.1. The lowest BCUT2D eigenvalue weighted by molar-refractivity contribution is -0.126. The minimum absolute atomic E-state index is 0.0894. The van der Waals surface area contributed by atoms with Gasteiger partial charge in [-0.2, -0.15) is 5.26 Å². The normalized spacial score (nSPS) is 17.4. The van der Waals surface area contributed by atoms with Gasteiger partial charge in [0.15, 0.2) is 0 Å². The van der Waals surface area contributed by atoms with E-state index in [9.17, 15) is 19.6 Å². The van der Waals surface area contributed by atoms with Crippen LogP contribution >= 0.6 is 0 Å². The number of aromatic amines is 1. The van der Waals surface area contributed by atoms with Crippen LogP contribution in [-0.4, -0.2) is 54.5 Å². The van der Waals surface area contributed by atoms with Crippen LogP contribution in [0.4, 0.5) is 0 Å². The standard InChI is InChI=1S/C32H38N6O4/c1-19(2)15-26(38-32(41)27-17-23-24(36-27)11-8-12-29(23)42-4)31(40)37-25(16-22-13-14-34-30(22)39)28(18-33)35-20(3)21-9-6-5-7-10-21/h6,8-12,17,19-20,22,25-26,28,35-36H,13-16H2,1-4H3,(H,34,39)(H,37,40)(H,38,41). The molecule has 5 atom stereocenters. The number of carbonyl (C=O) groups excluding carboxylic acids is 3. The Morgan fingerprint density at radius 2 is 2.00 bits per heavy atom. The molecule has 10 heteroatoms. The predicted octanol–water partition coefficient (Wildman–Crippen LogP) is 3.18. The van der Waals surface area contributed by atoms with E-state index in [1.165, 1.54) is 0 Å². The van der Waals surface area contributed by atoms with Crippen molar-refractivity contribution in [2.45, 2.75) is 64.2 Å². The van der Waals surface area contributed by atoms with Gasteiger partial charge < -0.3 is 25.7 Å². The van der Waals surface area contributed by atoms with Crippen molar-refractivity contribution < 1.29 is 19.1 Å². The molecule has 220 valence electrons. The third kappa shape index (κ3) is 7.39. The van der Waals surface area contributed by atoms with Crippen molar-refractivity contribution in [2.24, 2.45) is 11.8 Å². The third-order valence-electron chi connectivity index (χ3n) is 7.60. The number of nitriles is 1. The van der Waals surface area contributed by atoms with Crippen molar-refractivity contribution >= 4 is 28.6 Å². The van der Waals surface area contributed by atoms with Gasteiger partial charge in [-0.3, -0.25) is 19.7 Å². The molecule has 42 heavy (non-hydrogen) atoms. The van der Waals surface area contributed by atoms with Crippen LogP contribution in [0.15, 0.2) is 42.5 Å². The SMILES string of the molecule is COc1cccc2[nH]c(C(=O)NC(CC(C)C)C(=O)NC(CC3CCNC3=O)C(C#N)NC(C)c3cc#ccc3)cc12. The van der Waals surface area contributed by atoms with Gasteiger partial charge in [0.2, 0.25) is 11.8 Å². The number of amides is 3. The monoisotopic (exact) mass is 570 g/mol. The van der Waals surface area contributed by atoms with E-state index in [1.54, 1.807) is 25.3 Å². The number of methoxy groups -OCH3 is 1. The quantitative estimate of drug-likeness (QED) is 0.213. The van der Waals surface area contributed by atoms with Gasteiger partial charge >= 0.3 is 0 Å². The van der Waals surface area contributed by atoms with Gasteiger partial charge in [-0.25, -0.2) is 0 Å². The molecule has 3 amide bonds. The number of rotatable bonds is 13. The van der Waals surface area contributed by atoms with E-state index < -0.39 is 29.9 Å². The Morgan fingerprint density at radius 3 is 2.64 bits per heavy atom. The van der Waals surface area contributed by atoms with Gasteiger partial charge in [0.25, 0.3) is 5.91 Å². The van der Waals surface area contributed by atoms with E-state index >= 15 is 0 Å². The Hall–Kier alpha value is -4.54. The summed E-state index contributed by atoms with van der Waals surface area (Å²) in [4.78, 5) is 42.6. The number of H-pyrrole nitrogens is 1. The number of nitrogens with one attached hydrogen (secondary N) is 5. The Balaban J connectivity index is 1.54. The first kappa shape index (κ1) is 30.4. The van der Waals surface area contributed by atoms with Gasteiger partial charge in [-0.05, 0) is 74.1 Å². The zero-order valence-corrected chi connectivity index (χ0v) is 24.4. The van der Waals surface area contributed by atoms with Gasteiger partial charge in [-0.1, -0.05) is 32.0 Å². The number of fused-ring (bicyclic) bond motifs is 1. The minimum atomic E-state index is -0.860. The maximum absolute atomic E-state index is 13.8. The van der Waals surface area contributed by atoms with Gasteiger partial charge in [0.05, 0.1) is 19.2 Å². The van der Waals surface area contributed by atoms with E-state index in [-0.39, 0.29) is 30.2 Å². The molecule has 2 heterocycles. The topological polar surface area (TPSA) is 148 Å². The number of nitrogens with zero attached hydrogens (tertiary/aromatic N) is 1. The van der Waals surface area contributed by atoms with Crippen molar-refractivity contribution in [1.82, 2.24) is 26.3 Å².